The molecule has 1 aliphatic rings. The Labute approximate surface area is 214 Å². The number of aryl methyl sites for hydroxylation is 1. The van der Waals surface area contributed by atoms with Crippen molar-refractivity contribution in [2.75, 3.05) is 6.54 Å². The number of unbranched alkanes of at least 4 members (excludes halogenated alkanes) is 1. The number of nitrogens with zero attached hydrogens (tertiary/aromatic N) is 1. The zero-order chi connectivity index (χ0) is 26.9. The first kappa shape index (κ1) is 29.1. The second kappa shape index (κ2) is 13.3. The molecule has 0 saturated heterocycles. The number of hydrogen-bond acceptors (Lipinski definition) is 5. The van der Waals surface area contributed by atoms with Crippen LogP contribution in [0.3, 0.4) is 0 Å². The average molecular weight is 503 g/mol. The van der Waals surface area contributed by atoms with Crippen LogP contribution in [0.25, 0.3) is 0 Å². The number of alkyl carbamates (subject to hydrolysis) is 1. The third kappa shape index (κ3) is 8.53. The summed E-state index contributed by atoms with van der Waals surface area (Å²) in [6, 6.07) is 5.29. The Kier molecular flexibility index (Phi) is 10.7. The monoisotopic (exact) mass is 502 g/mol. The molecular weight excluding hydrogens is 460 g/mol. The molecule has 1 aromatic carbocycles. The molecule has 4 amide bonds. The maximum atomic E-state index is 14.0. The lowest BCUT2D eigenvalue weighted by Crippen LogP contribution is -2.58. The van der Waals surface area contributed by atoms with Gasteiger partial charge in [-0.1, -0.05) is 44.5 Å². The van der Waals surface area contributed by atoms with Gasteiger partial charge in [-0.3, -0.25) is 14.4 Å². The molecule has 0 aromatic heterocycles. The number of rotatable bonds is 12. The van der Waals surface area contributed by atoms with Crippen molar-refractivity contribution in [2.45, 2.75) is 103 Å². The number of benzene rings is 1. The Balaban J connectivity index is 2.45. The highest BCUT2D eigenvalue weighted by Crippen LogP contribution is 2.34. The zero-order valence-corrected chi connectivity index (χ0v) is 22.3. The quantitative estimate of drug-likeness (QED) is 0.377. The Morgan fingerprint density at radius 2 is 1.75 bits per heavy atom. The molecule has 4 N–H and O–H groups in total. The van der Waals surface area contributed by atoms with E-state index in [1.807, 2.05) is 38.1 Å². The van der Waals surface area contributed by atoms with E-state index in [-0.39, 0.29) is 11.9 Å². The fraction of sp³-hybridized carbons (Fsp3) is 0.630. The molecule has 1 aliphatic carbocycles. The minimum atomic E-state index is -1.25. The van der Waals surface area contributed by atoms with Gasteiger partial charge in [0.2, 0.25) is 17.7 Å². The molecule has 0 spiro atoms. The van der Waals surface area contributed by atoms with Crippen LogP contribution in [0, 0.1) is 0 Å². The third-order valence-electron chi connectivity index (χ3n) is 6.18. The van der Waals surface area contributed by atoms with E-state index >= 15 is 0 Å². The molecule has 200 valence electrons. The second-order valence-corrected chi connectivity index (χ2v) is 10.3. The smallest absolute Gasteiger partial charge is 0.408 e. The van der Waals surface area contributed by atoms with Crippen molar-refractivity contribution in [3.8, 4) is 0 Å². The van der Waals surface area contributed by atoms with Crippen LogP contribution in [0.5, 0.6) is 0 Å². The number of carbonyl (C=O) groups is 4. The molecule has 2 rings (SSSR count). The molecule has 0 heterocycles. The fourth-order valence-corrected chi connectivity index (χ4v) is 4.07. The number of carbonyl (C=O) groups excluding carboxylic acids is 4. The van der Waals surface area contributed by atoms with Gasteiger partial charge in [0.05, 0.1) is 6.42 Å². The summed E-state index contributed by atoms with van der Waals surface area (Å²) in [6.45, 7) is 9.68. The summed E-state index contributed by atoms with van der Waals surface area (Å²) in [5, 5.41) is 5.48. The lowest BCUT2D eigenvalue weighted by Gasteiger charge is -2.43. The maximum Gasteiger partial charge on any atom is 0.408 e. The first-order valence-corrected chi connectivity index (χ1v) is 12.9. The highest BCUT2D eigenvalue weighted by Gasteiger charge is 2.42. The standard InChI is InChI=1S/C27H42N4O5/c1-6-8-16-29-24(33)23(19-14-12-18(7-2)13-15-19)31(20-10-9-11-20)25(34)21(17-22(28)32)30-26(35)36-27(3,4)5/h12-15,20-21,23H,6-11,16-17H2,1-5H3,(H2,28,32)(H,29,33)(H,30,35). The first-order valence-electron chi connectivity index (χ1n) is 12.9. The predicted octanol–water partition coefficient (Wildman–Crippen LogP) is 3.36. The number of hydrogen-bond donors (Lipinski definition) is 3. The number of nitrogens with two attached hydrogens (primary N) is 1. The molecular formula is C27H42N4O5. The van der Waals surface area contributed by atoms with Gasteiger partial charge in [0.1, 0.15) is 17.7 Å². The largest absolute Gasteiger partial charge is 0.444 e. The SMILES string of the molecule is CCCCNC(=O)C(c1ccc(CC)cc1)N(C(=O)C(CC(N)=O)NC(=O)OC(C)(C)C)C1CCC1. The van der Waals surface area contributed by atoms with E-state index in [0.29, 0.717) is 12.1 Å². The summed E-state index contributed by atoms with van der Waals surface area (Å²) in [4.78, 5) is 53.4. The minimum absolute atomic E-state index is 0.193. The van der Waals surface area contributed by atoms with Gasteiger partial charge in [0.25, 0.3) is 0 Å². The average Bonchev–Trinajstić information content (AvgIpc) is 2.75. The Morgan fingerprint density at radius 1 is 1.11 bits per heavy atom. The Bertz CT molecular complexity index is 906. The molecule has 9 nitrogen and oxygen atoms in total. The molecule has 0 aliphatic heterocycles. The van der Waals surface area contributed by atoms with E-state index in [9.17, 15) is 19.2 Å². The molecule has 36 heavy (non-hydrogen) atoms. The third-order valence-corrected chi connectivity index (χ3v) is 6.18. The van der Waals surface area contributed by atoms with E-state index in [0.717, 1.165) is 44.1 Å². The van der Waals surface area contributed by atoms with E-state index in [2.05, 4.69) is 10.6 Å². The number of ether oxygens (including phenoxy) is 1. The van der Waals surface area contributed by atoms with E-state index in [1.54, 1.807) is 20.8 Å². The molecule has 9 heteroatoms. The van der Waals surface area contributed by atoms with Gasteiger partial charge in [-0.25, -0.2) is 4.79 Å². The van der Waals surface area contributed by atoms with Crippen molar-refractivity contribution in [3.05, 3.63) is 35.4 Å². The summed E-state index contributed by atoms with van der Waals surface area (Å²) in [6.07, 6.45) is 3.73. The molecule has 0 bridgehead atoms. The minimum Gasteiger partial charge on any atom is -0.444 e. The van der Waals surface area contributed by atoms with Crippen LogP contribution >= 0.6 is 0 Å². The zero-order valence-electron chi connectivity index (χ0n) is 22.3. The highest BCUT2D eigenvalue weighted by molar-refractivity contribution is 5.94. The predicted molar refractivity (Wildman–Crippen MR) is 138 cm³/mol. The van der Waals surface area contributed by atoms with Gasteiger partial charge >= 0.3 is 6.09 Å². The van der Waals surface area contributed by atoms with Crippen LogP contribution in [0.4, 0.5) is 4.79 Å². The van der Waals surface area contributed by atoms with Crippen molar-refractivity contribution >= 4 is 23.8 Å². The highest BCUT2D eigenvalue weighted by atomic mass is 16.6. The van der Waals surface area contributed by atoms with Crippen LogP contribution in [0.2, 0.25) is 0 Å². The van der Waals surface area contributed by atoms with Gasteiger partial charge in [0, 0.05) is 12.6 Å². The molecule has 1 fully saturated rings. The lowest BCUT2D eigenvalue weighted by atomic mass is 9.87. The van der Waals surface area contributed by atoms with Crippen LogP contribution in [0.15, 0.2) is 24.3 Å². The van der Waals surface area contributed by atoms with Crippen LogP contribution in [-0.2, 0) is 25.5 Å². The fourth-order valence-electron chi connectivity index (χ4n) is 4.07. The summed E-state index contributed by atoms with van der Waals surface area (Å²) in [7, 11) is 0. The second-order valence-electron chi connectivity index (χ2n) is 10.3. The van der Waals surface area contributed by atoms with Gasteiger partial charge in [0.15, 0.2) is 0 Å². The van der Waals surface area contributed by atoms with Crippen LogP contribution in [-0.4, -0.2) is 52.9 Å². The van der Waals surface area contributed by atoms with E-state index in [4.69, 9.17) is 10.5 Å². The van der Waals surface area contributed by atoms with Crippen molar-refractivity contribution in [2.24, 2.45) is 5.73 Å². The summed E-state index contributed by atoms with van der Waals surface area (Å²) >= 11 is 0. The van der Waals surface area contributed by atoms with Gasteiger partial charge in [-0.05, 0) is 64.0 Å². The van der Waals surface area contributed by atoms with Crippen molar-refractivity contribution < 1.29 is 23.9 Å². The normalized spacial score (nSPS) is 15.2. The number of nitrogens with one attached hydrogen (secondary N) is 2. The molecule has 0 radical (unpaired) electrons. The lowest BCUT2D eigenvalue weighted by molar-refractivity contribution is -0.148. The molecule has 1 aromatic rings. The summed E-state index contributed by atoms with van der Waals surface area (Å²) in [5.41, 5.74) is 6.44. The molecule has 1 saturated carbocycles. The number of amides is 4. The van der Waals surface area contributed by atoms with Crippen molar-refractivity contribution in [3.63, 3.8) is 0 Å². The van der Waals surface area contributed by atoms with Gasteiger partial charge in [-0.2, -0.15) is 0 Å². The first-order chi connectivity index (χ1) is 17.0. The number of primary amides is 1. The van der Waals surface area contributed by atoms with Crippen molar-refractivity contribution in [1.29, 1.82) is 0 Å². The maximum absolute atomic E-state index is 14.0. The Morgan fingerprint density at radius 3 is 2.22 bits per heavy atom. The summed E-state index contributed by atoms with van der Waals surface area (Å²) < 4.78 is 5.31. The van der Waals surface area contributed by atoms with Gasteiger partial charge < -0.3 is 26.0 Å². The molecule has 2 unspecified atom stereocenters. The van der Waals surface area contributed by atoms with Gasteiger partial charge in [-0.15, -0.1) is 0 Å². The van der Waals surface area contributed by atoms with E-state index < -0.39 is 42.0 Å². The summed E-state index contributed by atoms with van der Waals surface area (Å²) in [5.74, 6) is -1.56. The Hall–Kier alpha value is -3.10. The van der Waals surface area contributed by atoms with Crippen molar-refractivity contribution in [1.82, 2.24) is 15.5 Å². The van der Waals surface area contributed by atoms with E-state index in [1.165, 1.54) is 4.90 Å². The molecule has 2 atom stereocenters. The van der Waals surface area contributed by atoms with Crippen LogP contribution in [0.1, 0.15) is 90.3 Å². The van der Waals surface area contributed by atoms with Crippen LogP contribution < -0.4 is 16.4 Å². The topological polar surface area (TPSA) is 131 Å².